The van der Waals surface area contributed by atoms with Crippen molar-refractivity contribution in [2.45, 2.75) is 13.0 Å². The molecule has 5 rings (SSSR count). The molecule has 30 heavy (non-hydrogen) atoms. The number of benzene rings is 2. The molecule has 4 aromatic rings. The molecule has 0 unspecified atom stereocenters. The second-order valence-electron chi connectivity index (χ2n) is 7.04. The third-order valence-electron chi connectivity index (χ3n) is 5.12. The third-order valence-corrected chi connectivity index (χ3v) is 5.12. The summed E-state index contributed by atoms with van der Waals surface area (Å²) < 4.78 is 31.0. The van der Waals surface area contributed by atoms with Gasteiger partial charge in [0.1, 0.15) is 17.2 Å². The fraction of sp³-hybridized carbons (Fsp3) is 0.0909. The standard InChI is InChI=1S/C22H14F2N4O2/c23-16-7-13(12-3-4-18-14(6-12)9-20(29)27-18)8-17(24)15(16)11-28-21(30)10-26-19-2-1-5-25-22(19)28/h1-8,10H,9,11H2,(H,27,29). The van der Waals surface area contributed by atoms with Crippen LogP contribution >= 0.6 is 0 Å². The average molecular weight is 404 g/mol. The van der Waals surface area contributed by atoms with Crippen LogP contribution in [0.3, 0.4) is 0 Å². The Labute approximate surface area is 168 Å². The number of carbonyl (C=O) groups is 1. The summed E-state index contributed by atoms with van der Waals surface area (Å²) in [7, 11) is 0. The van der Waals surface area contributed by atoms with E-state index in [-0.39, 0.29) is 30.1 Å². The van der Waals surface area contributed by atoms with Crippen molar-refractivity contribution in [3.63, 3.8) is 0 Å². The van der Waals surface area contributed by atoms with Gasteiger partial charge in [0, 0.05) is 17.4 Å². The minimum atomic E-state index is -0.771. The van der Waals surface area contributed by atoms with Gasteiger partial charge in [-0.25, -0.2) is 18.7 Å². The highest BCUT2D eigenvalue weighted by Crippen LogP contribution is 2.31. The average Bonchev–Trinajstić information content (AvgIpc) is 3.11. The van der Waals surface area contributed by atoms with Crippen LogP contribution in [0.15, 0.2) is 59.7 Å². The molecule has 0 atom stereocenters. The summed E-state index contributed by atoms with van der Waals surface area (Å²) in [6.07, 6.45) is 2.83. The lowest BCUT2D eigenvalue weighted by molar-refractivity contribution is -0.115. The van der Waals surface area contributed by atoms with Gasteiger partial charge in [-0.3, -0.25) is 14.2 Å². The molecule has 148 valence electrons. The van der Waals surface area contributed by atoms with Crippen LogP contribution in [-0.4, -0.2) is 20.4 Å². The largest absolute Gasteiger partial charge is 0.326 e. The summed E-state index contributed by atoms with van der Waals surface area (Å²) in [6.45, 7) is -0.310. The van der Waals surface area contributed by atoms with Crippen LogP contribution in [0.4, 0.5) is 14.5 Å². The van der Waals surface area contributed by atoms with E-state index in [9.17, 15) is 18.4 Å². The van der Waals surface area contributed by atoms with Crippen molar-refractivity contribution in [3.05, 3.63) is 88.0 Å². The maximum absolute atomic E-state index is 14.9. The van der Waals surface area contributed by atoms with E-state index in [2.05, 4.69) is 15.3 Å². The number of nitrogens with one attached hydrogen (secondary N) is 1. The summed E-state index contributed by atoms with van der Waals surface area (Å²) in [4.78, 5) is 31.9. The van der Waals surface area contributed by atoms with Crippen LogP contribution in [0.2, 0.25) is 0 Å². The van der Waals surface area contributed by atoms with Crippen molar-refractivity contribution in [2.24, 2.45) is 0 Å². The fourth-order valence-corrected chi connectivity index (χ4v) is 3.64. The number of halogens is 2. The summed E-state index contributed by atoms with van der Waals surface area (Å²) in [5.74, 6) is -1.65. The Balaban J connectivity index is 1.55. The molecule has 0 saturated heterocycles. The van der Waals surface area contributed by atoms with E-state index in [1.807, 2.05) is 0 Å². The maximum atomic E-state index is 14.9. The number of anilines is 1. The van der Waals surface area contributed by atoms with Gasteiger partial charge in [-0.2, -0.15) is 0 Å². The second-order valence-corrected chi connectivity index (χ2v) is 7.04. The minimum Gasteiger partial charge on any atom is -0.326 e. The number of hydrogen-bond acceptors (Lipinski definition) is 4. The predicted molar refractivity (Wildman–Crippen MR) is 107 cm³/mol. The van der Waals surface area contributed by atoms with Crippen molar-refractivity contribution in [3.8, 4) is 11.1 Å². The molecule has 2 aromatic heterocycles. The molecule has 1 aliphatic heterocycles. The number of fused-ring (bicyclic) bond motifs is 2. The summed E-state index contributed by atoms with van der Waals surface area (Å²) in [5.41, 5.74) is 2.40. The number of aromatic nitrogens is 3. The second kappa shape index (κ2) is 6.84. The van der Waals surface area contributed by atoms with Crippen molar-refractivity contribution < 1.29 is 13.6 Å². The molecule has 1 amide bonds. The molecule has 0 bridgehead atoms. The minimum absolute atomic E-state index is 0.113. The van der Waals surface area contributed by atoms with Crippen molar-refractivity contribution in [2.75, 3.05) is 5.32 Å². The molecule has 0 spiro atoms. The molecule has 0 fully saturated rings. The van der Waals surface area contributed by atoms with E-state index in [0.29, 0.717) is 22.3 Å². The molecule has 8 heteroatoms. The van der Waals surface area contributed by atoms with E-state index in [4.69, 9.17) is 0 Å². The van der Waals surface area contributed by atoms with Gasteiger partial charge in [-0.1, -0.05) is 6.07 Å². The van der Waals surface area contributed by atoms with Crippen molar-refractivity contribution >= 4 is 22.8 Å². The first kappa shape index (κ1) is 18.1. The molecule has 2 aromatic carbocycles. The number of nitrogens with zero attached hydrogens (tertiary/aromatic N) is 3. The topological polar surface area (TPSA) is 76.9 Å². The zero-order valence-electron chi connectivity index (χ0n) is 15.5. The van der Waals surface area contributed by atoms with Crippen LogP contribution in [0.1, 0.15) is 11.1 Å². The Morgan fingerprint density at radius 3 is 2.60 bits per heavy atom. The quantitative estimate of drug-likeness (QED) is 0.569. The number of hydrogen-bond donors (Lipinski definition) is 1. The molecule has 3 heterocycles. The maximum Gasteiger partial charge on any atom is 0.270 e. The van der Waals surface area contributed by atoms with E-state index >= 15 is 0 Å². The van der Waals surface area contributed by atoms with Gasteiger partial charge in [-0.15, -0.1) is 0 Å². The van der Waals surface area contributed by atoms with Gasteiger partial charge in [0.25, 0.3) is 5.56 Å². The monoisotopic (exact) mass is 404 g/mol. The van der Waals surface area contributed by atoms with Gasteiger partial charge in [-0.05, 0) is 53.1 Å². The van der Waals surface area contributed by atoms with Crippen LogP contribution < -0.4 is 10.9 Å². The highest BCUT2D eigenvalue weighted by molar-refractivity contribution is 5.99. The van der Waals surface area contributed by atoms with Crippen LogP contribution in [0.5, 0.6) is 0 Å². The molecule has 6 nitrogen and oxygen atoms in total. The van der Waals surface area contributed by atoms with E-state index < -0.39 is 17.2 Å². The summed E-state index contributed by atoms with van der Waals surface area (Å²) in [6, 6.07) is 10.9. The van der Waals surface area contributed by atoms with Gasteiger partial charge >= 0.3 is 0 Å². The SMILES string of the molecule is O=C1Cc2cc(-c3cc(F)c(Cn4c(=O)cnc5cccnc54)c(F)c3)ccc2N1. The molecule has 0 aliphatic carbocycles. The molecule has 0 saturated carbocycles. The molecule has 0 radical (unpaired) electrons. The first-order valence-corrected chi connectivity index (χ1v) is 9.21. The van der Waals surface area contributed by atoms with Gasteiger partial charge in [0.2, 0.25) is 5.91 Å². The lowest BCUT2D eigenvalue weighted by Crippen LogP contribution is -2.23. The first-order chi connectivity index (χ1) is 14.5. The molecular weight excluding hydrogens is 390 g/mol. The summed E-state index contributed by atoms with van der Waals surface area (Å²) in [5, 5.41) is 2.72. The van der Waals surface area contributed by atoms with Crippen LogP contribution in [0.25, 0.3) is 22.3 Å². The van der Waals surface area contributed by atoms with E-state index in [1.165, 1.54) is 22.9 Å². The van der Waals surface area contributed by atoms with Gasteiger partial charge < -0.3 is 5.32 Å². The first-order valence-electron chi connectivity index (χ1n) is 9.21. The predicted octanol–water partition coefficient (Wildman–Crippen LogP) is 3.28. The Bertz CT molecular complexity index is 1370. The number of amides is 1. The van der Waals surface area contributed by atoms with Crippen LogP contribution in [0, 0.1) is 11.6 Å². The van der Waals surface area contributed by atoms with Gasteiger partial charge in [0.15, 0.2) is 5.65 Å². The number of pyridine rings is 1. The fourth-order valence-electron chi connectivity index (χ4n) is 3.64. The Morgan fingerprint density at radius 2 is 1.80 bits per heavy atom. The Kier molecular flexibility index (Phi) is 4.13. The lowest BCUT2D eigenvalue weighted by Gasteiger charge is -2.12. The third kappa shape index (κ3) is 3.02. The smallest absolute Gasteiger partial charge is 0.270 e. The van der Waals surface area contributed by atoms with Gasteiger partial charge in [0.05, 0.1) is 19.2 Å². The van der Waals surface area contributed by atoms with Crippen molar-refractivity contribution in [1.29, 1.82) is 0 Å². The highest BCUT2D eigenvalue weighted by Gasteiger charge is 2.19. The summed E-state index contributed by atoms with van der Waals surface area (Å²) >= 11 is 0. The Hall–Kier alpha value is -3.94. The highest BCUT2D eigenvalue weighted by atomic mass is 19.1. The van der Waals surface area contributed by atoms with E-state index in [0.717, 1.165) is 11.8 Å². The number of rotatable bonds is 3. The molecular formula is C22H14F2N4O2. The lowest BCUT2D eigenvalue weighted by atomic mass is 9.99. The normalized spacial score (nSPS) is 12.8. The van der Waals surface area contributed by atoms with Crippen LogP contribution in [-0.2, 0) is 17.8 Å². The molecule has 1 aliphatic rings. The zero-order chi connectivity index (χ0) is 20.8. The zero-order valence-corrected chi connectivity index (χ0v) is 15.5. The Morgan fingerprint density at radius 1 is 1.00 bits per heavy atom. The molecule has 1 N–H and O–H groups in total. The van der Waals surface area contributed by atoms with E-state index in [1.54, 1.807) is 30.3 Å². The van der Waals surface area contributed by atoms with Crippen molar-refractivity contribution in [1.82, 2.24) is 14.5 Å². The number of carbonyl (C=O) groups excluding carboxylic acids is 1.